The second-order valence-electron chi connectivity index (χ2n) is 4.78. The summed E-state index contributed by atoms with van der Waals surface area (Å²) in [5.41, 5.74) is 0.972. The van der Waals surface area contributed by atoms with Crippen molar-refractivity contribution in [2.45, 2.75) is 39.0 Å². The third-order valence-electron chi connectivity index (χ3n) is 3.59. The van der Waals surface area contributed by atoms with Gasteiger partial charge in [0.2, 0.25) is 5.78 Å². The minimum Gasteiger partial charge on any atom is -0.462 e. The van der Waals surface area contributed by atoms with Crippen molar-refractivity contribution >= 4 is 11.8 Å². The summed E-state index contributed by atoms with van der Waals surface area (Å²) in [6, 6.07) is 0. The Hall–Kier alpha value is -1.42. The zero-order valence-corrected chi connectivity index (χ0v) is 10.8. The lowest BCUT2D eigenvalue weighted by Gasteiger charge is -2.24. The van der Waals surface area contributed by atoms with Gasteiger partial charge in [-0.25, -0.2) is 4.79 Å². The van der Waals surface area contributed by atoms with E-state index >= 15 is 0 Å². The van der Waals surface area contributed by atoms with Crippen molar-refractivity contribution in [3.8, 4) is 0 Å². The molecule has 0 atom stereocenters. The number of rotatable bonds is 3. The third kappa shape index (κ3) is 2.70. The van der Waals surface area contributed by atoms with Crippen LogP contribution in [0.25, 0.3) is 0 Å². The number of quaternary nitrogens is 1. The van der Waals surface area contributed by atoms with Gasteiger partial charge in [0.05, 0.1) is 12.2 Å². The smallest absolute Gasteiger partial charge is 0.347 e. The number of allylic oxidation sites excluding steroid dienone is 1. The standard InChI is InChI=1S/C14H19NO3/c1-2-18-14(17)12-9-15-8-11(13(12)16)10-6-4-3-5-7-10/h8-10H,2-7H2,1H3,(H,15,16)/p+1. The van der Waals surface area contributed by atoms with E-state index < -0.39 is 5.97 Å². The minimum atomic E-state index is -0.500. The summed E-state index contributed by atoms with van der Waals surface area (Å²) in [7, 11) is 0. The highest BCUT2D eigenvalue weighted by Gasteiger charge is 2.32. The molecule has 18 heavy (non-hydrogen) atoms. The second-order valence-corrected chi connectivity index (χ2v) is 4.78. The Morgan fingerprint density at radius 2 is 2.06 bits per heavy atom. The number of ketones is 1. The molecule has 0 saturated heterocycles. The lowest BCUT2D eigenvalue weighted by atomic mass is 9.80. The van der Waals surface area contributed by atoms with Crippen LogP contribution in [0.15, 0.2) is 23.5 Å². The van der Waals surface area contributed by atoms with Gasteiger partial charge in [0.25, 0.3) is 0 Å². The maximum Gasteiger partial charge on any atom is 0.347 e. The average molecular weight is 250 g/mol. The van der Waals surface area contributed by atoms with Gasteiger partial charge in [-0.15, -0.1) is 0 Å². The molecule has 1 aliphatic carbocycles. The predicted octanol–water partition coefficient (Wildman–Crippen LogP) is 1.04. The van der Waals surface area contributed by atoms with Gasteiger partial charge in [0, 0.05) is 0 Å². The monoisotopic (exact) mass is 250 g/mol. The summed E-state index contributed by atoms with van der Waals surface area (Å²) in [6.45, 7) is 2.04. The highest BCUT2D eigenvalue weighted by molar-refractivity contribution is 6.24. The van der Waals surface area contributed by atoms with Crippen LogP contribution in [0.5, 0.6) is 0 Å². The Morgan fingerprint density at radius 3 is 2.72 bits per heavy atom. The first-order valence-electron chi connectivity index (χ1n) is 6.71. The van der Waals surface area contributed by atoms with E-state index in [9.17, 15) is 9.59 Å². The molecule has 0 radical (unpaired) electrons. The van der Waals surface area contributed by atoms with Gasteiger partial charge in [-0.3, -0.25) is 10.1 Å². The highest BCUT2D eigenvalue weighted by Crippen LogP contribution is 2.31. The van der Waals surface area contributed by atoms with E-state index in [-0.39, 0.29) is 11.4 Å². The molecule has 0 unspecified atom stereocenters. The summed E-state index contributed by atoms with van der Waals surface area (Å²) >= 11 is 0. The molecule has 0 spiro atoms. The molecule has 0 bridgehead atoms. The predicted molar refractivity (Wildman–Crippen MR) is 66.3 cm³/mol. The van der Waals surface area contributed by atoms with Crippen molar-refractivity contribution < 1.29 is 19.6 Å². The van der Waals surface area contributed by atoms with Crippen LogP contribution in [-0.2, 0) is 14.3 Å². The number of hydrogen-bond acceptors (Lipinski definition) is 3. The summed E-state index contributed by atoms with van der Waals surface area (Å²) < 4.78 is 4.91. The molecule has 4 heteroatoms. The quantitative estimate of drug-likeness (QED) is 0.601. The van der Waals surface area contributed by atoms with Gasteiger partial charge in [-0.1, -0.05) is 19.3 Å². The van der Waals surface area contributed by atoms with Gasteiger partial charge < -0.3 is 4.74 Å². The van der Waals surface area contributed by atoms with Crippen LogP contribution in [0.4, 0.5) is 0 Å². The summed E-state index contributed by atoms with van der Waals surface area (Å²) in [5.74, 6) is -0.316. The number of nitrogens with two attached hydrogens (primary N) is 1. The van der Waals surface area contributed by atoms with Crippen LogP contribution in [0, 0.1) is 5.92 Å². The first kappa shape index (κ1) is 13.0. The first-order valence-corrected chi connectivity index (χ1v) is 6.71. The largest absolute Gasteiger partial charge is 0.462 e. The summed E-state index contributed by atoms with van der Waals surface area (Å²) in [6.07, 6.45) is 9.14. The van der Waals surface area contributed by atoms with Crippen LogP contribution >= 0.6 is 0 Å². The van der Waals surface area contributed by atoms with E-state index in [0.29, 0.717) is 12.5 Å². The lowest BCUT2D eigenvalue weighted by Crippen LogP contribution is -2.73. The fraction of sp³-hybridized carbons (Fsp3) is 0.571. The number of hydrogen-bond donors (Lipinski definition) is 1. The zero-order chi connectivity index (χ0) is 13.0. The van der Waals surface area contributed by atoms with E-state index in [1.54, 1.807) is 18.4 Å². The van der Waals surface area contributed by atoms with Gasteiger partial charge >= 0.3 is 5.97 Å². The Kier molecular flexibility index (Phi) is 4.31. The van der Waals surface area contributed by atoms with Gasteiger partial charge in [0.15, 0.2) is 5.57 Å². The van der Waals surface area contributed by atoms with Crippen LogP contribution in [-0.4, -0.2) is 18.4 Å². The number of ether oxygens (including phenoxy) is 1. The Labute approximate surface area is 107 Å². The van der Waals surface area contributed by atoms with E-state index in [1.807, 2.05) is 6.20 Å². The molecule has 0 amide bonds. The average Bonchev–Trinajstić information content (AvgIpc) is 2.40. The van der Waals surface area contributed by atoms with E-state index in [2.05, 4.69) is 0 Å². The Bertz CT molecular complexity index is 403. The van der Waals surface area contributed by atoms with E-state index in [1.165, 1.54) is 19.3 Å². The molecule has 98 valence electrons. The van der Waals surface area contributed by atoms with Crippen LogP contribution in [0.2, 0.25) is 0 Å². The molecule has 1 heterocycles. The zero-order valence-electron chi connectivity index (χ0n) is 10.8. The maximum absolute atomic E-state index is 12.3. The van der Waals surface area contributed by atoms with Crippen LogP contribution in [0.1, 0.15) is 39.0 Å². The molecular formula is C14H20NO3+. The third-order valence-corrected chi connectivity index (χ3v) is 3.59. The molecule has 2 rings (SSSR count). The van der Waals surface area contributed by atoms with Crippen molar-refractivity contribution in [1.29, 1.82) is 0 Å². The Morgan fingerprint density at radius 1 is 1.33 bits per heavy atom. The van der Waals surface area contributed by atoms with Crippen molar-refractivity contribution in [3.05, 3.63) is 23.5 Å². The first-order chi connectivity index (χ1) is 8.74. The topological polar surface area (TPSA) is 60.0 Å². The van der Waals surface area contributed by atoms with Gasteiger partial charge in [0.1, 0.15) is 12.4 Å². The molecule has 1 fully saturated rings. The molecule has 1 aliphatic heterocycles. The molecule has 2 N–H and O–H groups in total. The second kappa shape index (κ2) is 5.96. The number of carbonyl (C=O) groups is 2. The SMILES string of the molecule is CCOC(=O)C1=C[NH2+]C=C(C2CCCCC2)C1=O. The molecule has 0 aromatic rings. The molecule has 0 aromatic heterocycles. The molecule has 0 aromatic carbocycles. The van der Waals surface area contributed by atoms with Crippen molar-refractivity contribution in [2.24, 2.45) is 5.92 Å². The van der Waals surface area contributed by atoms with E-state index in [4.69, 9.17) is 4.74 Å². The van der Waals surface area contributed by atoms with Gasteiger partial charge in [-0.05, 0) is 25.7 Å². The normalized spacial score (nSPS) is 21.3. The fourth-order valence-corrected chi connectivity index (χ4v) is 2.66. The fourth-order valence-electron chi connectivity index (χ4n) is 2.66. The van der Waals surface area contributed by atoms with Crippen LogP contribution in [0.3, 0.4) is 0 Å². The maximum atomic E-state index is 12.3. The van der Waals surface area contributed by atoms with Gasteiger partial charge in [-0.2, -0.15) is 0 Å². The molecule has 1 saturated carbocycles. The number of Topliss-reactive ketones (excluding diaryl/α,β-unsaturated/α-hetero) is 1. The van der Waals surface area contributed by atoms with Crippen molar-refractivity contribution in [2.75, 3.05) is 6.61 Å². The number of carbonyl (C=O) groups excluding carboxylic acids is 2. The summed E-state index contributed by atoms with van der Waals surface area (Å²) in [5, 5.41) is 1.79. The lowest BCUT2D eigenvalue weighted by molar-refractivity contribution is -0.516. The van der Waals surface area contributed by atoms with Crippen molar-refractivity contribution in [3.63, 3.8) is 0 Å². The summed E-state index contributed by atoms with van der Waals surface area (Å²) in [4.78, 5) is 24.0. The molecule has 4 nitrogen and oxygen atoms in total. The van der Waals surface area contributed by atoms with E-state index in [0.717, 1.165) is 18.4 Å². The van der Waals surface area contributed by atoms with Crippen molar-refractivity contribution in [1.82, 2.24) is 0 Å². The highest BCUT2D eigenvalue weighted by atomic mass is 16.5. The van der Waals surface area contributed by atoms with Crippen LogP contribution < -0.4 is 5.32 Å². The minimum absolute atomic E-state index is 0.136. The molecule has 2 aliphatic rings. The molecular weight excluding hydrogens is 230 g/mol. The Balaban J connectivity index is 2.08. The number of esters is 1.